The number of rotatable bonds is 3. The SMILES string of the molecule is OCc1ccc(Cl)c(C=CCBr)c1. The van der Waals surface area contributed by atoms with Crippen molar-refractivity contribution in [1.82, 2.24) is 0 Å². The first-order chi connectivity index (χ1) is 6.27. The fraction of sp³-hybridized carbons (Fsp3) is 0.200. The van der Waals surface area contributed by atoms with Gasteiger partial charge in [0, 0.05) is 10.4 Å². The summed E-state index contributed by atoms with van der Waals surface area (Å²) >= 11 is 9.23. The van der Waals surface area contributed by atoms with Crippen molar-refractivity contribution in [2.24, 2.45) is 0 Å². The van der Waals surface area contributed by atoms with E-state index in [2.05, 4.69) is 15.9 Å². The number of aliphatic hydroxyl groups excluding tert-OH is 1. The summed E-state index contributed by atoms with van der Waals surface area (Å²) in [5.41, 5.74) is 1.81. The summed E-state index contributed by atoms with van der Waals surface area (Å²) in [6.45, 7) is 0.0479. The van der Waals surface area contributed by atoms with E-state index >= 15 is 0 Å². The van der Waals surface area contributed by atoms with E-state index in [-0.39, 0.29) is 6.61 Å². The second-order valence-electron chi connectivity index (χ2n) is 2.57. The molecule has 0 amide bonds. The standard InChI is InChI=1S/C10H10BrClO/c11-5-1-2-9-6-8(7-13)3-4-10(9)12/h1-4,6,13H,5,7H2. The van der Waals surface area contributed by atoms with Crippen molar-refractivity contribution in [3.8, 4) is 0 Å². The van der Waals surface area contributed by atoms with Crippen molar-refractivity contribution in [2.75, 3.05) is 5.33 Å². The van der Waals surface area contributed by atoms with Crippen LogP contribution in [0.3, 0.4) is 0 Å². The van der Waals surface area contributed by atoms with Crippen molar-refractivity contribution >= 4 is 33.6 Å². The van der Waals surface area contributed by atoms with E-state index < -0.39 is 0 Å². The third-order valence-corrected chi connectivity index (χ3v) is 2.35. The lowest BCUT2D eigenvalue weighted by Crippen LogP contribution is -1.84. The Kier molecular flexibility index (Phi) is 4.50. The average molecular weight is 262 g/mol. The van der Waals surface area contributed by atoms with E-state index in [1.54, 1.807) is 6.07 Å². The molecule has 0 aliphatic rings. The van der Waals surface area contributed by atoms with E-state index in [0.717, 1.165) is 16.5 Å². The molecule has 70 valence electrons. The predicted molar refractivity (Wildman–Crippen MR) is 60.2 cm³/mol. The largest absolute Gasteiger partial charge is 0.392 e. The lowest BCUT2D eigenvalue weighted by Gasteiger charge is -2.00. The fourth-order valence-corrected chi connectivity index (χ4v) is 1.36. The summed E-state index contributed by atoms with van der Waals surface area (Å²) in [5, 5.41) is 10.4. The van der Waals surface area contributed by atoms with Crippen LogP contribution in [0.15, 0.2) is 24.3 Å². The number of hydrogen-bond acceptors (Lipinski definition) is 1. The molecule has 1 rings (SSSR count). The topological polar surface area (TPSA) is 20.2 Å². The number of allylic oxidation sites excluding steroid dienone is 1. The Hall–Kier alpha value is -0.310. The zero-order valence-corrected chi connectivity index (χ0v) is 9.35. The Labute approximate surface area is 91.2 Å². The number of halogens is 2. The third-order valence-electron chi connectivity index (χ3n) is 1.63. The van der Waals surface area contributed by atoms with Gasteiger partial charge >= 0.3 is 0 Å². The van der Waals surface area contributed by atoms with E-state index in [1.165, 1.54) is 0 Å². The highest BCUT2D eigenvalue weighted by Crippen LogP contribution is 2.19. The monoisotopic (exact) mass is 260 g/mol. The molecule has 0 bridgehead atoms. The molecule has 0 aliphatic carbocycles. The number of aliphatic hydroxyl groups is 1. The summed E-state index contributed by atoms with van der Waals surface area (Å²) in [6, 6.07) is 5.48. The highest BCUT2D eigenvalue weighted by molar-refractivity contribution is 9.09. The Morgan fingerprint density at radius 3 is 2.85 bits per heavy atom. The second kappa shape index (κ2) is 5.43. The first kappa shape index (κ1) is 10.8. The maximum absolute atomic E-state index is 8.90. The van der Waals surface area contributed by atoms with E-state index in [9.17, 15) is 0 Å². The molecule has 0 fully saturated rings. The average Bonchev–Trinajstić information content (AvgIpc) is 2.17. The molecule has 0 spiro atoms. The van der Waals surface area contributed by atoms with Crippen molar-refractivity contribution in [3.05, 3.63) is 40.4 Å². The summed E-state index contributed by atoms with van der Waals surface area (Å²) in [6.07, 6.45) is 3.89. The van der Waals surface area contributed by atoms with Crippen LogP contribution in [0.2, 0.25) is 5.02 Å². The van der Waals surface area contributed by atoms with E-state index in [0.29, 0.717) is 5.02 Å². The lowest BCUT2D eigenvalue weighted by atomic mass is 10.1. The summed E-state index contributed by atoms with van der Waals surface area (Å²) in [7, 11) is 0. The van der Waals surface area contributed by atoms with Crippen LogP contribution in [0.4, 0.5) is 0 Å². The molecule has 0 aromatic heterocycles. The molecule has 0 saturated carbocycles. The summed E-state index contributed by atoms with van der Waals surface area (Å²) in [5.74, 6) is 0. The molecule has 0 atom stereocenters. The molecule has 0 unspecified atom stereocenters. The highest BCUT2D eigenvalue weighted by atomic mass is 79.9. The number of hydrogen-bond donors (Lipinski definition) is 1. The minimum Gasteiger partial charge on any atom is -0.392 e. The number of benzene rings is 1. The van der Waals surface area contributed by atoms with Gasteiger partial charge in [-0.25, -0.2) is 0 Å². The van der Waals surface area contributed by atoms with Crippen LogP contribution in [0.1, 0.15) is 11.1 Å². The van der Waals surface area contributed by atoms with Gasteiger partial charge in [0.15, 0.2) is 0 Å². The van der Waals surface area contributed by atoms with Crippen LogP contribution in [-0.2, 0) is 6.61 Å². The van der Waals surface area contributed by atoms with Gasteiger partial charge in [-0.1, -0.05) is 45.7 Å². The van der Waals surface area contributed by atoms with Gasteiger partial charge in [0.05, 0.1) is 6.61 Å². The molecule has 0 radical (unpaired) electrons. The second-order valence-corrected chi connectivity index (χ2v) is 3.63. The van der Waals surface area contributed by atoms with Gasteiger partial charge in [0.25, 0.3) is 0 Å². The summed E-state index contributed by atoms with van der Waals surface area (Å²) < 4.78 is 0. The molecule has 3 heteroatoms. The molecule has 13 heavy (non-hydrogen) atoms. The first-order valence-corrected chi connectivity index (χ1v) is 5.39. The van der Waals surface area contributed by atoms with Gasteiger partial charge in [-0.3, -0.25) is 0 Å². The molecule has 0 aliphatic heterocycles. The first-order valence-electron chi connectivity index (χ1n) is 3.89. The zero-order valence-electron chi connectivity index (χ0n) is 7.00. The number of alkyl halides is 1. The Bertz CT molecular complexity index is 310. The molecule has 1 aromatic rings. The maximum atomic E-state index is 8.90. The molecule has 0 heterocycles. The Morgan fingerprint density at radius 2 is 2.23 bits per heavy atom. The van der Waals surface area contributed by atoms with E-state index in [4.69, 9.17) is 16.7 Å². The van der Waals surface area contributed by atoms with Gasteiger partial charge < -0.3 is 5.11 Å². The molecule has 1 nitrogen and oxygen atoms in total. The van der Waals surface area contributed by atoms with Crippen molar-refractivity contribution in [1.29, 1.82) is 0 Å². The van der Waals surface area contributed by atoms with Gasteiger partial charge in [0.2, 0.25) is 0 Å². The van der Waals surface area contributed by atoms with Gasteiger partial charge in [-0.15, -0.1) is 0 Å². The van der Waals surface area contributed by atoms with Crippen LogP contribution < -0.4 is 0 Å². The molecule has 1 aromatic carbocycles. The molecular formula is C10H10BrClO. The van der Waals surface area contributed by atoms with E-state index in [1.807, 2.05) is 24.3 Å². The predicted octanol–water partition coefficient (Wildman–Crippen LogP) is 3.24. The highest BCUT2D eigenvalue weighted by Gasteiger charge is 1.97. The Balaban J connectivity index is 2.97. The maximum Gasteiger partial charge on any atom is 0.0682 e. The minimum atomic E-state index is 0.0479. The van der Waals surface area contributed by atoms with Crippen molar-refractivity contribution in [2.45, 2.75) is 6.61 Å². The van der Waals surface area contributed by atoms with Gasteiger partial charge in [0.1, 0.15) is 0 Å². The molecule has 0 saturated heterocycles. The Morgan fingerprint density at radius 1 is 1.46 bits per heavy atom. The molecular weight excluding hydrogens is 251 g/mol. The van der Waals surface area contributed by atoms with Crippen LogP contribution in [0.25, 0.3) is 6.08 Å². The quantitative estimate of drug-likeness (QED) is 0.828. The van der Waals surface area contributed by atoms with Crippen LogP contribution in [0, 0.1) is 0 Å². The normalized spacial score (nSPS) is 11.0. The van der Waals surface area contributed by atoms with Crippen LogP contribution >= 0.6 is 27.5 Å². The summed E-state index contributed by atoms with van der Waals surface area (Å²) in [4.78, 5) is 0. The fourth-order valence-electron chi connectivity index (χ4n) is 0.991. The van der Waals surface area contributed by atoms with Crippen molar-refractivity contribution in [3.63, 3.8) is 0 Å². The van der Waals surface area contributed by atoms with Crippen LogP contribution in [-0.4, -0.2) is 10.4 Å². The van der Waals surface area contributed by atoms with Crippen molar-refractivity contribution < 1.29 is 5.11 Å². The molecule has 1 N–H and O–H groups in total. The van der Waals surface area contributed by atoms with Gasteiger partial charge in [-0.2, -0.15) is 0 Å². The third kappa shape index (κ3) is 3.14. The van der Waals surface area contributed by atoms with Gasteiger partial charge in [-0.05, 0) is 23.3 Å². The lowest BCUT2D eigenvalue weighted by molar-refractivity contribution is 0.282. The minimum absolute atomic E-state index is 0.0479. The zero-order chi connectivity index (χ0) is 9.68. The van der Waals surface area contributed by atoms with Crippen LogP contribution in [0.5, 0.6) is 0 Å². The smallest absolute Gasteiger partial charge is 0.0682 e.